The summed E-state index contributed by atoms with van der Waals surface area (Å²) >= 11 is 0. The van der Waals surface area contributed by atoms with Gasteiger partial charge in [-0.25, -0.2) is 12.8 Å². The zero-order chi connectivity index (χ0) is 21.7. The molecule has 0 radical (unpaired) electrons. The number of amides is 1. The van der Waals surface area contributed by atoms with Crippen LogP contribution in [-0.4, -0.2) is 51.9 Å². The SMILES string of the molecule is COC(=O)C1CCN(C(=O)CN(c2ccc(F)cc2)S(=O)(=O)c2ccccc2)CC1. The van der Waals surface area contributed by atoms with Crippen molar-refractivity contribution in [3.63, 3.8) is 0 Å². The fraction of sp³-hybridized carbons (Fsp3) is 0.333. The van der Waals surface area contributed by atoms with Crippen LogP contribution >= 0.6 is 0 Å². The molecule has 9 heteroatoms. The van der Waals surface area contributed by atoms with Crippen molar-refractivity contribution in [3.05, 3.63) is 60.4 Å². The third-order valence-electron chi connectivity index (χ3n) is 5.11. The van der Waals surface area contributed by atoms with E-state index in [9.17, 15) is 22.4 Å². The Morgan fingerprint density at radius 2 is 1.67 bits per heavy atom. The van der Waals surface area contributed by atoms with E-state index in [2.05, 4.69) is 0 Å². The van der Waals surface area contributed by atoms with Gasteiger partial charge in [0, 0.05) is 13.1 Å². The monoisotopic (exact) mass is 434 g/mol. The number of carbonyl (C=O) groups excluding carboxylic acids is 2. The van der Waals surface area contributed by atoms with Crippen LogP contribution in [0, 0.1) is 11.7 Å². The van der Waals surface area contributed by atoms with Crippen LogP contribution in [0.3, 0.4) is 0 Å². The van der Waals surface area contributed by atoms with E-state index in [1.165, 1.54) is 36.3 Å². The first kappa shape index (κ1) is 21.8. The smallest absolute Gasteiger partial charge is 0.308 e. The van der Waals surface area contributed by atoms with Crippen molar-refractivity contribution < 1.29 is 27.1 Å². The van der Waals surface area contributed by atoms with E-state index in [4.69, 9.17) is 4.74 Å². The fourth-order valence-electron chi connectivity index (χ4n) is 3.40. The number of likely N-dealkylation sites (tertiary alicyclic amines) is 1. The Bertz CT molecular complexity index is 988. The summed E-state index contributed by atoms with van der Waals surface area (Å²) in [5, 5.41) is 0. The molecule has 1 aliphatic rings. The quantitative estimate of drug-likeness (QED) is 0.652. The minimum Gasteiger partial charge on any atom is -0.469 e. The van der Waals surface area contributed by atoms with Gasteiger partial charge in [-0.15, -0.1) is 0 Å². The Kier molecular flexibility index (Phi) is 6.71. The summed E-state index contributed by atoms with van der Waals surface area (Å²) in [4.78, 5) is 26.2. The third kappa shape index (κ3) is 4.79. The van der Waals surface area contributed by atoms with Gasteiger partial charge in [-0.3, -0.25) is 13.9 Å². The van der Waals surface area contributed by atoms with E-state index < -0.39 is 22.4 Å². The maximum atomic E-state index is 13.4. The predicted octanol–water partition coefficient (Wildman–Crippen LogP) is 2.43. The normalized spacial score (nSPS) is 14.9. The summed E-state index contributed by atoms with van der Waals surface area (Å²) in [6.45, 7) is 0.244. The number of sulfonamides is 1. The number of carbonyl (C=O) groups is 2. The number of anilines is 1. The highest BCUT2D eigenvalue weighted by molar-refractivity contribution is 7.92. The topological polar surface area (TPSA) is 84.0 Å². The number of piperidine rings is 1. The second-order valence-corrected chi connectivity index (χ2v) is 8.84. The van der Waals surface area contributed by atoms with Crippen molar-refractivity contribution in [2.75, 3.05) is 31.0 Å². The molecule has 0 bridgehead atoms. The van der Waals surface area contributed by atoms with Crippen LogP contribution in [-0.2, 0) is 24.3 Å². The summed E-state index contributed by atoms with van der Waals surface area (Å²) < 4.78 is 45.5. The Morgan fingerprint density at radius 1 is 1.07 bits per heavy atom. The zero-order valence-electron chi connectivity index (χ0n) is 16.5. The second-order valence-electron chi connectivity index (χ2n) is 6.98. The van der Waals surface area contributed by atoms with Gasteiger partial charge < -0.3 is 9.64 Å². The molecule has 0 aromatic heterocycles. The average Bonchev–Trinajstić information content (AvgIpc) is 2.78. The lowest BCUT2D eigenvalue weighted by atomic mass is 9.97. The van der Waals surface area contributed by atoms with Crippen LogP contribution in [0.25, 0.3) is 0 Å². The minimum atomic E-state index is -4.04. The Labute approximate surface area is 175 Å². The number of hydrogen-bond acceptors (Lipinski definition) is 5. The van der Waals surface area contributed by atoms with Gasteiger partial charge >= 0.3 is 5.97 Å². The van der Waals surface area contributed by atoms with Gasteiger partial charge in [0.2, 0.25) is 5.91 Å². The molecule has 7 nitrogen and oxygen atoms in total. The van der Waals surface area contributed by atoms with Crippen LogP contribution in [0.5, 0.6) is 0 Å². The molecule has 0 saturated carbocycles. The average molecular weight is 434 g/mol. The van der Waals surface area contributed by atoms with Crippen molar-refractivity contribution in [1.29, 1.82) is 0 Å². The number of halogens is 1. The molecule has 0 atom stereocenters. The number of methoxy groups -OCH3 is 1. The van der Waals surface area contributed by atoms with E-state index in [1.807, 2.05) is 0 Å². The van der Waals surface area contributed by atoms with Crippen molar-refractivity contribution >= 4 is 27.6 Å². The lowest BCUT2D eigenvalue weighted by Crippen LogP contribution is -2.46. The highest BCUT2D eigenvalue weighted by Crippen LogP contribution is 2.25. The van der Waals surface area contributed by atoms with E-state index >= 15 is 0 Å². The molecule has 30 heavy (non-hydrogen) atoms. The first-order chi connectivity index (χ1) is 14.3. The third-order valence-corrected chi connectivity index (χ3v) is 6.89. The number of rotatable bonds is 6. The van der Waals surface area contributed by atoms with E-state index in [0.29, 0.717) is 25.9 Å². The lowest BCUT2D eigenvalue weighted by molar-refractivity contribution is -0.148. The van der Waals surface area contributed by atoms with Crippen molar-refractivity contribution in [2.45, 2.75) is 17.7 Å². The first-order valence-corrected chi connectivity index (χ1v) is 11.0. The second kappa shape index (κ2) is 9.25. The van der Waals surface area contributed by atoms with Gasteiger partial charge in [0.05, 0.1) is 23.6 Å². The van der Waals surface area contributed by atoms with E-state index in [1.54, 1.807) is 18.2 Å². The first-order valence-electron chi connectivity index (χ1n) is 9.52. The number of benzene rings is 2. The van der Waals surface area contributed by atoms with Gasteiger partial charge in [-0.2, -0.15) is 0 Å². The van der Waals surface area contributed by atoms with Gasteiger partial charge in [0.1, 0.15) is 12.4 Å². The number of nitrogens with zero attached hydrogens (tertiary/aromatic N) is 2. The molecule has 2 aromatic carbocycles. The van der Waals surface area contributed by atoms with Gasteiger partial charge in [0.15, 0.2) is 0 Å². The Morgan fingerprint density at radius 3 is 2.23 bits per heavy atom. The highest BCUT2D eigenvalue weighted by atomic mass is 32.2. The molecule has 0 spiro atoms. The van der Waals surface area contributed by atoms with Crippen LogP contribution in [0.15, 0.2) is 59.5 Å². The molecular weight excluding hydrogens is 411 g/mol. The molecule has 1 amide bonds. The maximum absolute atomic E-state index is 13.4. The minimum absolute atomic E-state index is 0.0338. The Hall–Kier alpha value is -2.94. The molecule has 1 heterocycles. The number of ether oxygens (including phenoxy) is 1. The molecule has 0 aliphatic carbocycles. The maximum Gasteiger partial charge on any atom is 0.308 e. The molecule has 1 aliphatic heterocycles. The summed E-state index contributed by atoms with van der Waals surface area (Å²) in [5.41, 5.74) is 0.193. The molecule has 0 N–H and O–H groups in total. The molecule has 3 rings (SSSR count). The summed E-state index contributed by atoms with van der Waals surface area (Å²) in [7, 11) is -2.71. The van der Waals surface area contributed by atoms with Crippen LogP contribution in [0.2, 0.25) is 0 Å². The summed E-state index contributed by atoms with van der Waals surface area (Å²) in [6.07, 6.45) is 0.917. The largest absolute Gasteiger partial charge is 0.469 e. The van der Waals surface area contributed by atoms with E-state index in [-0.39, 0.29) is 28.4 Å². The summed E-state index contributed by atoms with van der Waals surface area (Å²) in [6, 6.07) is 12.7. The van der Waals surface area contributed by atoms with Crippen LogP contribution in [0.4, 0.5) is 10.1 Å². The van der Waals surface area contributed by atoms with Crippen LogP contribution < -0.4 is 4.31 Å². The molecule has 1 fully saturated rings. The lowest BCUT2D eigenvalue weighted by Gasteiger charge is -2.33. The molecule has 1 saturated heterocycles. The van der Waals surface area contributed by atoms with Crippen molar-refractivity contribution in [3.8, 4) is 0 Å². The van der Waals surface area contributed by atoms with Gasteiger partial charge in [0.25, 0.3) is 10.0 Å². The predicted molar refractivity (Wildman–Crippen MR) is 109 cm³/mol. The molecule has 160 valence electrons. The van der Waals surface area contributed by atoms with Gasteiger partial charge in [-0.1, -0.05) is 18.2 Å². The standard InChI is InChI=1S/C21H23FN2O5S/c1-29-21(26)16-11-13-23(14-12-16)20(25)15-24(18-9-7-17(22)8-10-18)30(27,28)19-5-3-2-4-6-19/h2-10,16H,11-15H2,1H3. The fourth-order valence-corrected chi connectivity index (χ4v) is 4.83. The zero-order valence-corrected chi connectivity index (χ0v) is 17.3. The van der Waals surface area contributed by atoms with Crippen molar-refractivity contribution in [2.24, 2.45) is 5.92 Å². The summed E-state index contributed by atoms with van der Waals surface area (Å²) in [5.74, 6) is -1.46. The number of esters is 1. The molecular formula is C21H23FN2O5S. The molecule has 2 aromatic rings. The molecule has 0 unspecified atom stereocenters. The van der Waals surface area contributed by atoms with Gasteiger partial charge in [-0.05, 0) is 49.2 Å². The number of hydrogen-bond donors (Lipinski definition) is 0. The van der Waals surface area contributed by atoms with E-state index in [0.717, 1.165) is 16.4 Å². The highest BCUT2D eigenvalue weighted by Gasteiger charge is 2.32. The van der Waals surface area contributed by atoms with Crippen LogP contribution in [0.1, 0.15) is 12.8 Å². The van der Waals surface area contributed by atoms with Crippen molar-refractivity contribution in [1.82, 2.24) is 4.90 Å². The Balaban J connectivity index is 1.82.